The van der Waals surface area contributed by atoms with Crippen molar-refractivity contribution in [2.24, 2.45) is 0 Å². The summed E-state index contributed by atoms with van der Waals surface area (Å²) in [5.74, 6) is -2.72. The minimum Gasteiger partial charge on any atom is -0.379 e. The molecule has 1 aromatic rings. The molecule has 0 radical (unpaired) electrons. The van der Waals surface area contributed by atoms with E-state index in [9.17, 15) is 24.0 Å². The zero-order valence-electron chi connectivity index (χ0n) is 35.2. The van der Waals surface area contributed by atoms with Gasteiger partial charge in [-0.1, -0.05) is 35.1 Å². The lowest BCUT2D eigenvalue weighted by Crippen LogP contribution is -2.54. The normalized spacial score (nSPS) is 15.2. The number of anilines is 1. The fraction of sp³-hybridized carbons (Fsp3) is 0.732. The highest BCUT2D eigenvalue weighted by Crippen LogP contribution is 2.32. The molecule has 2 aliphatic rings. The number of rotatable bonds is 40. The van der Waals surface area contributed by atoms with Crippen LogP contribution in [-0.2, 0) is 66.5 Å². The van der Waals surface area contributed by atoms with Crippen LogP contribution >= 0.6 is 22.6 Å². The van der Waals surface area contributed by atoms with E-state index < -0.39 is 29.7 Å². The summed E-state index contributed by atoms with van der Waals surface area (Å²) in [5.41, 5.74) is 0.381. The third kappa shape index (κ3) is 23.0. The van der Waals surface area contributed by atoms with Gasteiger partial charge in [-0.25, -0.2) is 0 Å². The molecule has 3 rings (SSSR count). The number of hydrogen-bond donors (Lipinski definition) is 2. The highest BCUT2D eigenvalue weighted by atomic mass is 127. The Morgan fingerprint density at radius 2 is 1.00 bits per heavy atom. The number of carbonyl (C=O) groups is 5. The summed E-state index contributed by atoms with van der Waals surface area (Å²) in [6.07, 6.45) is 2.45. The van der Waals surface area contributed by atoms with Crippen LogP contribution in [0.4, 0.5) is 5.69 Å². The third-order valence-electron chi connectivity index (χ3n) is 8.88. The second kappa shape index (κ2) is 34.7. The minimum absolute atomic E-state index is 0.0278. The van der Waals surface area contributed by atoms with Crippen molar-refractivity contribution in [2.75, 3.05) is 155 Å². The Morgan fingerprint density at radius 3 is 1.43 bits per heavy atom. The number of piperidine rings is 1. The van der Waals surface area contributed by atoms with Crippen LogP contribution in [0.1, 0.15) is 59.2 Å². The van der Waals surface area contributed by atoms with Gasteiger partial charge in [-0.2, -0.15) is 0 Å². The van der Waals surface area contributed by atoms with Crippen molar-refractivity contribution in [3.63, 3.8) is 0 Å². The maximum atomic E-state index is 13.2. The first-order chi connectivity index (χ1) is 29.9. The number of imide groups is 2. The van der Waals surface area contributed by atoms with Crippen molar-refractivity contribution in [3.8, 4) is 0 Å². The molecule has 1 aromatic carbocycles. The molecule has 19 nitrogen and oxygen atoms in total. The minimum atomic E-state index is -1.07. The van der Waals surface area contributed by atoms with E-state index in [2.05, 4.69) is 33.2 Å². The Hall–Kier alpha value is -2.74. The molecule has 0 bridgehead atoms. The molecular formula is C41H64IN3O16. The largest absolute Gasteiger partial charge is 0.379 e. The predicted molar refractivity (Wildman–Crippen MR) is 228 cm³/mol. The van der Waals surface area contributed by atoms with Gasteiger partial charge in [0.25, 0.3) is 11.8 Å². The van der Waals surface area contributed by atoms with Crippen LogP contribution in [-0.4, -0.2) is 190 Å². The number of nitrogens with zero attached hydrogens (tertiary/aromatic N) is 1. The summed E-state index contributed by atoms with van der Waals surface area (Å²) in [6.45, 7) is 11.2. The molecule has 1 unspecified atom stereocenters. The zero-order chi connectivity index (χ0) is 43.6. The van der Waals surface area contributed by atoms with E-state index in [1.165, 1.54) is 6.07 Å². The molecule has 0 aromatic heterocycles. The number of carbonyl (C=O) groups excluding carboxylic acids is 5. The first-order valence-corrected chi connectivity index (χ1v) is 22.5. The number of benzene rings is 1. The number of unbranched alkanes of at least 4 members (excludes halogenated alkanes) is 2. The Kier molecular flexibility index (Phi) is 29.9. The second-order valence-corrected chi connectivity index (χ2v) is 14.5. The fourth-order valence-corrected chi connectivity index (χ4v) is 6.17. The topological polar surface area (TPSA) is 214 Å². The van der Waals surface area contributed by atoms with Crippen LogP contribution in [0.2, 0.25) is 0 Å². The SMILES string of the molecule is O=C1CCC(N2C(=O)c3cccc(NC(=O)CCCCCOCCOCCOCCOCCOCCOCCOCCOCCOCCOCCOCCI)c3C2=O)C(=O)N1. The molecular weight excluding hydrogens is 917 g/mol. The van der Waals surface area contributed by atoms with Crippen LogP contribution in [0.5, 0.6) is 0 Å². The lowest BCUT2D eigenvalue weighted by atomic mass is 10.0. The van der Waals surface area contributed by atoms with Crippen LogP contribution in [0.15, 0.2) is 18.2 Å². The number of nitrogens with one attached hydrogen (secondary N) is 2. The monoisotopic (exact) mass is 981 g/mol. The molecule has 0 aliphatic carbocycles. The van der Waals surface area contributed by atoms with E-state index in [1.807, 2.05) is 0 Å². The zero-order valence-corrected chi connectivity index (χ0v) is 37.3. The first-order valence-electron chi connectivity index (χ1n) is 21.0. The molecule has 20 heteroatoms. The molecule has 2 heterocycles. The molecule has 2 aliphatic heterocycles. The Morgan fingerprint density at radius 1 is 0.574 bits per heavy atom. The van der Waals surface area contributed by atoms with Gasteiger partial charge in [0.05, 0.1) is 156 Å². The van der Waals surface area contributed by atoms with Gasteiger partial charge in [-0.05, 0) is 31.4 Å². The second-order valence-electron chi connectivity index (χ2n) is 13.5. The predicted octanol–water partition coefficient (Wildman–Crippen LogP) is 2.20. The summed E-state index contributed by atoms with van der Waals surface area (Å²) < 4.78 is 61.2. The number of hydrogen-bond acceptors (Lipinski definition) is 16. The molecule has 2 N–H and O–H groups in total. The molecule has 61 heavy (non-hydrogen) atoms. The van der Waals surface area contributed by atoms with E-state index in [0.29, 0.717) is 145 Å². The maximum absolute atomic E-state index is 13.2. The van der Waals surface area contributed by atoms with Crippen molar-refractivity contribution in [1.29, 1.82) is 0 Å². The highest BCUT2D eigenvalue weighted by Gasteiger charge is 2.45. The van der Waals surface area contributed by atoms with E-state index in [1.54, 1.807) is 12.1 Å². The van der Waals surface area contributed by atoms with Gasteiger partial charge in [-0.15, -0.1) is 0 Å². The molecule has 5 amide bonds. The lowest BCUT2D eigenvalue weighted by molar-refractivity contribution is -0.136. The Balaban J connectivity index is 0.995. The molecule has 1 atom stereocenters. The van der Waals surface area contributed by atoms with Gasteiger partial charge < -0.3 is 57.4 Å². The van der Waals surface area contributed by atoms with Crippen LogP contribution in [0.25, 0.3) is 0 Å². The van der Waals surface area contributed by atoms with Gasteiger partial charge in [0.1, 0.15) is 6.04 Å². The maximum Gasteiger partial charge on any atom is 0.264 e. The van der Waals surface area contributed by atoms with E-state index in [4.69, 9.17) is 52.1 Å². The fourth-order valence-electron chi connectivity index (χ4n) is 5.85. The highest BCUT2D eigenvalue weighted by molar-refractivity contribution is 14.1. The molecule has 1 fully saturated rings. The third-order valence-corrected chi connectivity index (χ3v) is 9.32. The van der Waals surface area contributed by atoms with E-state index >= 15 is 0 Å². The number of ether oxygens (including phenoxy) is 11. The Bertz CT molecular complexity index is 1410. The molecule has 1 saturated heterocycles. The van der Waals surface area contributed by atoms with Crippen LogP contribution < -0.4 is 10.6 Å². The number of halogens is 1. The van der Waals surface area contributed by atoms with Gasteiger partial charge in [0.2, 0.25) is 17.7 Å². The first kappa shape index (κ1) is 52.6. The van der Waals surface area contributed by atoms with Crippen molar-refractivity contribution in [2.45, 2.75) is 44.6 Å². The van der Waals surface area contributed by atoms with Gasteiger partial charge >= 0.3 is 0 Å². The molecule has 0 saturated carbocycles. The van der Waals surface area contributed by atoms with Gasteiger partial charge in [0.15, 0.2) is 0 Å². The lowest BCUT2D eigenvalue weighted by Gasteiger charge is -2.27. The summed E-state index contributed by atoms with van der Waals surface area (Å²) in [6, 6.07) is 3.53. The number of alkyl halides is 1. The van der Waals surface area contributed by atoms with E-state index in [0.717, 1.165) is 28.8 Å². The standard InChI is InChI=1S/C41H64IN3O16/c42-10-12-52-14-16-54-18-20-56-22-24-58-26-28-60-30-32-61-31-29-59-27-25-57-23-21-55-19-17-53-15-13-51-11-3-1-2-7-36(46)43-34-6-4-5-33-38(34)41(50)45(40(33)49)35-8-9-37(47)44-39(35)48/h4-6,35H,1-3,7-32H2,(H,43,46)(H,44,47,48). The number of amides is 5. The van der Waals surface area contributed by atoms with Crippen molar-refractivity contribution >= 4 is 57.8 Å². The van der Waals surface area contributed by atoms with Crippen molar-refractivity contribution in [1.82, 2.24) is 10.2 Å². The summed E-state index contributed by atoms with van der Waals surface area (Å²) in [7, 11) is 0. The van der Waals surface area contributed by atoms with Crippen LogP contribution in [0, 0.1) is 0 Å². The smallest absolute Gasteiger partial charge is 0.264 e. The summed E-state index contributed by atoms with van der Waals surface area (Å²) in [5, 5.41) is 4.91. The quantitative estimate of drug-likeness (QED) is 0.0418. The van der Waals surface area contributed by atoms with Crippen molar-refractivity contribution in [3.05, 3.63) is 29.3 Å². The molecule has 346 valence electrons. The summed E-state index contributed by atoms with van der Waals surface area (Å²) in [4.78, 5) is 63.6. The Labute approximate surface area is 371 Å². The molecule has 0 spiro atoms. The van der Waals surface area contributed by atoms with Crippen molar-refractivity contribution < 1.29 is 76.1 Å². The van der Waals surface area contributed by atoms with Crippen LogP contribution in [0.3, 0.4) is 0 Å². The van der Waals surface area contributed by atoms with Gasteiger partial charge in [0, 0.05) is 23.9 Å². The van der Waals surface area contributed by atoms with Gasteiger partial charge in [-0.3, -0.25) is 34.2 Å². The van der Waals surface area contributed by atoms with E-state index in [-0.39, 0.29) is 42.0 Å². The average Bonchev–Trinajstić information content (AvgIpc) is 3.50. The number of fused-ring (bicyclic) bond motifs is 1. The summed E-state index contributed by atoms with van der Waals surface area (Å²) >= 11 is 2.27. The average molecular weight is 982 g/mol.